The van der Waals surface area contributed by atoms with Crippen LogP contribution in [0.15, 0.2) is 29.7 Å². The van der Waals surface area contributed by atoms with Crippen molar-refractivity contribution >= 4 is 17.6 Å². The van der Waals surface area contributed by atoms with Crippen LogP contribution in [0.1, 0.15) is 74.6 Å². The van der Waals surface area contributed by atoms with E-state index in [0.29, 0.717) is 17.6 Å². The summed E-state index contributed by atoms with van der Waals surface area (Å²) in [5.41, 5.74) is -0.0629. The van der Waals surface area contributed by atoms with Crippen molar-refractivity contribution in [2.75, 3.05) is 13.7 Å². The lowest BCUT2D eigenvalue weighted by atomic mass is 10.2. The predicted octanol–water partition coefficient (Wildman–Crippen LogP) is 1.92. The van der Waals surface area contributed by atoms with Crippen molar-refractivity contribution < 1.29 is 14.3 Å². The molecule has 0 radical (unpaired) electrons. The smallest absolute Gasteiger partial charge is 0.357 e. The average Bonchev–Trinajstić information content (AvgIpc) is 3.55. The molecule has 1 aliphatic carbocycles. The van der Waals surface area contributed by atoms with E-state index in [0.717, 1.165) is 18.7 Å². The monoisotopic (exact) mass is 452 g/mol. The van der Waals surface area contributed by atoms with Gasteiger partial charge in [0.1, 0.15) is 30.0 Å². The van der Waals surface area contributed by atoms with Gasteiger partial charge < -0.3 is 15.0 Å². The summed E-state index contributed by atoms with van der Waals surface area (Å²) in [4.78, 5) is 43.8. The van der Waals surface area contributed by atoms with Gasteiger partial charge in [-0.05, 0) is 46.6 Å². The number of carbonyl (C=O) groups excluding carboxylic acids is 2. The van der Waals surface area contributed by atoms with E-state index in [9.17, 15) is 9.59 Å². The molecular weight excluding hydrogens is 424 g/mol. The molecule has 0 aromatic carbocycles. The maximum absolute atomic E-state index is 12.3. The summed E-state index contributed by atoms with van der Waals surface area (Å²) in [7, 11) is 1.55. The van der Waals surface area contributed by atoms with Crippen LogP contribution in [0.3, 0.4) is 0 Å². The molecule has 2 aromatic heterocycles. The number of nitrogens with one attached hydrogen (secondary N) is 1. The predicted molar refractivity (Wildman–Crippen MR) is 120 cm³/mol. The molecule has 0 unspecified atom stereocenters. The van der Waals surface area contributed by atoms with Gasteiger partial charge in [-0.3, -0.25) is 9.79 Å². The average molecular weight is 453 g/mol. The maximum Gasteiger partial charge on any atom is 0.357 e. The van der Waals surface area contributed by atoms with Crippen LogP contribution in [0.2, 0.25) is 0 Å². The van der Waals surface area contributed by atoms with E-state index in [4.69, 9.17) is 14.8 Å². The third-order valence-corrected chi connectivity index (χ3v) is 5.23. The Kier molecular flexibility index (Phi) is 5.96. The fraction of sp³-hybridized carbons (Fsp3) is 0.500. The molecular formula is C22H28N8O3. The molecule has 1 amide bonds. The molecule has 3 heterocycles. The summed E-state index contributed by atoms with van der Waals surface area (Å²) in [6, 6.07) is 1.37. The van der Waals surface area contributed by atoms with Gasteiger partial charge in [-0.2, -0.15) is 4.68 Å². The van der Waals surface area contributed by atoms with E-state index in [2.05, 4.69) is 20.3 Å². The van der Waals surface area contributed by atoms with Gasteiger partial charge in [0.15, 0.2) is 17.5 Å². The highest BCUT2D eigenvalue weighted by Crippen LogP contribution is 2.39. The van der Waals surface area contributed by atoms with Crippen LogP contribution in [0.25, 0.3) is 5.82 Å². The van der Waals surface area contributed by atoms with Gasteiger partial charge >= 0.3 is 5.97 Å². The molecule has 33 heavy (non-hydrogen) atoms. The molecule has 1 N–H and O–H groups in total. The second-order valence-corrected chi connectivity index (χ2v) is 9.05. The Morgan fingerprint density at radius 3 is 2.61 bits per heavy atom. The minimum absolute atomic E-state index is 0.219. The Morgan fingerprint density at radius 1 is 1.24 bits per heavy atom. The lowest BCUT2D eigenvalue weighted by Gasteiger charge is -2.28. The zero-order valence-electron chi connectivity index (χ0n) is 19.4. The van der Waals surface area contributed by atoms with Gasteiger partial charge in [-0.15, -0.1) is 5.10 Å². The number of rotatable bonds is 6. The molecule has 0 spiro atoms. The number of amides is 1. The maximum atomic E-state index is 12.3. The van der Waals surface area contributed by atoms with Crippen LogP contribution in [-0.4, -0.2) is 66.5 Å². The van der Waals surface area contributed by atoms with Crippen molar-refractivity contribution in [1.29, 1.82) is 0 Å². The van der Waals surface area contributed by atoms with Crippen LogP contribution in [0.5, 0.6) is 0 Å². The summed E-state index contributed by atoms with van der Waals surface area (Å²) in [6.07, 6.45) is 6.90. The molecule has 1 aliphatic heterocycles. The molecule has 0 bridgehead atoms. The van der Waals surface area contributed by atoms with Gasteiger partial charge in [-0.1, -0.05) is 0 Å². The quantitative estimate of drug-likeness (QED) is 0.659. The Hall–Kier alpha value is -3.63. The number of nitrogens with zero attached hydrogens (tertiary/aromatic N) is 7. The van der Waals surface area contributed by atoms with E-state index in [-0.39, 0.29) is 30.0 Å². The van der Waals surface area contributed by atoms with Gasteiger partial charge in [0, 0.05) is 25.2 Å². The van der Waals surface area contributed by atoms with Gasteiger partial charge in [0.25, 0.3) is 5.91 Å². The van der Waals surface area contributed by atoms with Crippen molar-refractivity contribution in [3.8, 4) is 5.82 Å². The SMILES string of the molecule is CNC(=O)c1cc(-n2nc(C3CC3)nc2[C@H](C)N2C=CC(C(=O)OC(C)(C)C)=NC2)ncn1. The minimum Gasteiger partial charge on any atom is -0.455 e. The number of carbonyl (C=O) groups is 2. The van der Waals surface area contributed by atoms with E-state index < -0.39 is 11.6 Å². The third kappa shape index (κ3) is 5.07. The van der Waals surface area contributed by atoms with E-state index in [1.165, 1.54) is 6.33 Å². The first kappa shape index (κ1) is 22.6. The normalized spacial score (nSPS) is 16.9. The first-order valence-corrected chi connectivity index (χ1v) is 10.9. The molecule has 4 rings (SSSR count). The highest BCUT2D eigenvalue weighted by molar-refractivity contribution is 6.41. The molecule has 1 atom stereocenters. The fourth-order valence-electron chi connectivity index (χ4n) is 3.30. The first-order valence-electron chi connectivity index (χ1n) is 10.9. The zero-order chi connectivity index (χ0) is 23.8. The molecule has 2 aromatic rings. The topological polar surface area (TPSA) is 127 Å². The van der Waals surface area contributed by atoms with Crippen molar-refractivity contribution in [3.05, 3.63) is 42.0 Å². The number of aliphatic imine (C=N–C) groups is 1. The first-order chi connectivity index (χ1) is 15.7. The van der Waals surface area contributed by atoms with Crippen LogP contribution in [0, 0.1) is 0 Å². The van der Waals surface area contributed by atoms with Gasteiger partial charge in [0.2, 0.25) is 0 Å². The standard InChI is InChI=1S/C22H28N8O3/c1-13(29-9-8-15(26-12-29)21(32)33-22(2,3)4)19-27-18(14-6-7-14)28-30(19)17-10-16(20(31)23-5)24-11-25-17/h8-11,13-14H,6-7,12H2,1-5H3,(H,23,31)/t13-/m0/s1. The number of hydrogen-bond acceptors (Lipinski definition) is 9. The third-order valence-electron chi connectivity index (χ3n) is 5.23. The van der Waals surface area contributed by atoms with Crippen molar-refractivity contribution in [1.82, 2.24) is 34.9 Å². The Morgan fingerprint density at radius 2 is 2.00 bits per heavy atom. The molecule has 174 valence electrons. The van der Waals surface area contributed by atoms with Crippen LogP contribution < -0.4 is 5.32 Å². The summed E-state index contributed by atoms with van der Waals surface area (Å²) >= 11 is 0. The molecule has 2 aliphatic rings. The number of ether oxygens (including phenoxy) is 1. The summed E-state index contributed by atoms with van der Waals surface area (Å²) in [6.45, 7) is 7.71. The van der Waals surface area contributed by atoms with E-state index in [1.807, 2.05) is 38.8 Å². The molecule has 11 heteroatoms. The zero-order valence-corrected chi connectivity index (χ0v) is 19.4. The van der Waals surface area contributed by atoms with E-state index >= 15 is 0 Å². The highest BCUT2D eigenvalue weighted by Gasteiger charge is 2.32. The molecule has 1 saturated carbocycles. The highest BCUT2D eigenvalue weighted by atomic mass is 16.6. The Labute approximate surface area is 192 Å². The van der Waals surface area contributed by atoms with Crippen molar-refractivity contribution in [2.24, 2.45) is 4.99 Å². The van der Waals surface area contributed by atoms with Crippen LogP contribution in [-0.2, 0) is 9.53 Å². The minimum atomic E-state index is -0.585. The summed E-state index contributed by atoms with van der Waals surface area (Å²) in [5.74, 6) is 1.47. The second kappa shape index (κ2) is 8.72. The summed E-state index contributed by atoms with van der Waals surface area (Å²) in [5, 5.41) is 7.26. The Bertz CT molecular complexity index is 1130. The molecule has 1 fully saturated rings. The van der Waals surface area contributed by atoms with Crippen LogP contribution >= 0.6 is 0 Å². The lowest BCUT2D eigenvalue weighted by molar-refractivity contribution is -0.146. The summed E-state index contributed by atoms with van der Waals surface area (Å²) < 4.78 is 7.06. The number of esters is 1. The van der Waals surface area contributed by atoms with Crippen LogP contribution in [0.4, 0.5) is 0 Å². The van der Waals surface area contributed by atoms with Gasteiger partial charge in [-0.25, -0.2) is 19.7 Å². The number of hydrogen-bond donors (Lipinski definition) is 1. The number of aromatic nitrogens is 5. The lowest BCUT2D eigenvalue weighted by Crippen LogP contribution is -2.32. The Balaban J connectivity index is 1.59. The van der Waals surface area contributed by atoms with Gasteiger partial charge in [0.05, 0.1) is 6.04 Å². The second-order valence-electron chi connectivity index (χ2n) is 9.05. The largest absolute Gasteiger partial charge is 0.455 e. The van der Waals surface area contributed by atoms with Crippen molar-refractivity contribution in [2.45, 2.75) is 58.1 Å². The molecule has 0 saturated heterocycles. The fourth-order valence-corrected chi connectivity index (χ4v) is 3.30. The molecule has 11 nitrogen and oxygen atoms in total. The van der Waals surface area contributed by atoms with Crippen molar-refractivity contribution in [3.63, 3.8) is 0 Å². The van der Waals surface area contributed by atoms with E-state index in [1.54, 1.807) is 23.9 Å².